The van der Waals surface area contributed by atoms with Gasteiger partial charge < -0.3 is 5.11 Å². The van der Waals surface area contributed by atoms with Gasteiger partial charge in [-0.3, -0.25) is 4.55 Å². The van der Waals surface area contributed by atoms with Crippen LogP contribution in [0.25, 0.3) is 10.1 Å². The van der Waals surface area contributed by atoms with Gasteiger partial charge in [0.2, 0.25) is 0 Å². The van der Waals surface area contributed by atoms with Crippen LogP contribution in [0, 0.1) is 0 Å². The van der Waals surface area contributed by atoms with E-state index in [0.717, 1.165) is 5.39 Å². The summed E-state index contributed by atoms with van der Waals surface area (Å²) >= 11 is 1.68. The second-order valence-electron chi connectivity index (χ2n) is 3.93. The molecular formula is C14H12O4S2. The number of thiophene rings is 1. The van der Waals surface area contributed by atoms with Crippen LogP contribution in [0.15, 0.2) is 64.9 Å². The molecule has 0 aliphatic rings. The largest absolute Gasteiger partial charge is 0.508 e. The van der Waals surface area contributed by atoms with Gasteiger partial charge in [-0.05, 0) is 47.2 Å². The molecule has 2 aromatic carbocycles. The Bertz CT molecular complexity index is 792. The van der Waals surface area contributed by atoms with Crippen molar-refractivity contribution in [3.05, 3.63) is 60.0 Å². The highest BCUT2D eigenvalue weighted by atomic mass is 32.2. The lowest BCUT2D eigenvalue weighted by atomic mass is 10.2. The van der Waals surface area contributed by atoms with E-state index in [-0.39, 0.29) is 4.90 Å². The van der Waals surface area contributed by atoms with E-state index in [4.69, 9.17) is 9.66 Å². The predicted octanol–water partition coefficient (Wildman–Crippen LogP) is 3.54. The second-order valence-corrected chi connectivity index (χ2v) is 6.30. The molecule has 0 fully saturated rings. The van der Waals surface area contributed by atoms with E-state index < -0.39 is 10.1 Å². The van der Waals surface area contributed by atoms with E-state index in [0.29, 0.717) is 5.75 Å². The molecule has 0 spiro atoms. The van der Waals surface area contributed by atoms with Crippen LogP contribution in [0.4, 0.5) is 0 Å². The van der Waals surface area contributed by atoms with Crippen LogP contribution in [-0.4, -0.2) is 18.1 Å². The fourth-order valence-electron chi connectivity index (χ4n) is 1.55. The summed E-state index contributed by atoms with van der Waals surface area (Å²) in [6, 6.07) is 14.8. The maximum Gasteiger partial charge on any atom is 0.294 e. The zero-order valence-electron chi connectivity index (χ0n) is 10.3. The number of hydrogen-bond acceptors (Lipinski definition) is 4. The third-order valence-corrected chi connectivity index (χ3v) is 4.24. The van der Waals surface area contributed by atoms with Gasteiger partial charge in [-0.25, -0.2) is 0 Å². The van der Waals surface area contributed by atoms with Crippen LogP contribution >= 0.6 is 11.3 Å². The summed E-state index contributed by atoms with van der Waals surface area (Å²) in [6.45, 7) is 0. The molecule has 0 bridgehead atoms. The van der Waals surface area contributed by atoms with Gasteiger partial charge >= 0.3 is 0 Å². The van der Waals surface area contributed by atoms with Crippen LogP contribution in [0.3, 0.4) is 0 Å². The average molecular weight is 308 g/mol. The lowest BCUT2D eigenvalue weighted by Crippen LogP contribution is -1.96. The fourth-order valence-corrected chi connectivity index (χ4v) is 2.82. The van der Waals surface area contributed by atoms with Gasteiger partial charge in [-0.1, -0.05) is 18.2 Å². The van der Waals surface area contributed by atoms with Crippen molar-refractivity contribution in [2.75, 3.05) is 0 Å². The number of rotatable bonds is 1. The first-order valence-corrected chi connectivity index (χ1v) is 7.97. The zero-order valence-corrected chi connectivity index (χ0v) is 11.9. The van der Waals surface area contributed by atoms with Crippen molar-refractivity contribution < 1.29 is 18.1 Å². The van der Waals surface area contributed by atoms with Crippen molar-refractivity contribution in [3.8, 4) is 5.75 Å². The Labute approximate surface area is 120 Å². The Morgan fingerprint density at radius 1 is 0.950 bits per heavy atom. The minimum atomic E-state index is -4.00. The third kappa shape index (κ3) is 3.80. The number of hydrogen-bond donors (Lipinski definition) is 2. The van der Waals surface area contributed by atoms with Gasteiger partial charge in [0.25, 0.3) is 10.1 Å². The van der Waals surface area contributed by atoms with Gasteiger partial charge in [0.1, 0.15) is 5.75 Å². The normalized spacial score (nSPS) is 10.8. The summed E-state index contributed by atoms with van der Waals surface area (Å²) in [4.78, 5) is -0.0741. The highest BCUT2D eigenvalue weighted by Gasteiger charge is 2.05. The minimum Gasteiger partial charge on any atom is -0.508 e. The summed E-state index contributed by atoms with van der Waals surface area (Å²) in [5.41, 5.74) is 0. The summed E-state index contributed by atoms with van der Waals surface area (Å²) in [6.07, 6.45) is 0. The summed E-state index contributed by atoms with van der Waals surface area (Å²) in [7, 11) is -4.00. The molecular weight excluding hydrogens is 296 g/mol. The van der Waals surface area contributed by atoms with Crippen LogP contribution in [-0.2, 0) is 10.1 Å². The summed E-state index contributed by atoms with van der Waals surface area (Å²) < 4.78 is 30.5. The van der Waals surface area contributed by atoms with Gasteiger partial charge in [0.15, 0.2) is 0 Å². The predicted molar refractivity (Wildman–Crippen MR) is 79.7 cm³/mol. The van der Waals surface area contributed by atoms with Crippen molar-refractivity contribution in [1.82, 2.24) is 0 Å². The molecule has 1 aromatic heterocycles. The molecule has 4 nitrogen and oxygen atoms in total. The lowest BCUT2D eigenvalue weighted by Gasteiger charge is -1.92. The molecule has 0 atom stereocenters. The van der Waals surface area contributed by atoms with Crippen molar-refractivity contribution in [2.24, 2.45) is 0 Å². The Morgan fingerprint density at radius 3 is 2.25 bits per heavy atom. The fraction of sp³-hybridized carbons (Fsp3) is 0. The molecule has 0 saturated carbocycles. The van der Waals surface area contributed by atoms with Crippen molar-refractivity contribution >= 4 is 31.5 Å². The number of aromatic hydroxyl groups is 1. The molecule has 20 heavy (non-hydrogen) atoms. The highest BCUT2D eigenvalue weighted by Crippen LogP contribution is 2.23. The molecule has 0 unspecified atom stereocenters. The van der Waals surface area contributed by atoms with E-state index in [1.807, 2.05) is 17.5 Å². The van der Waals surface area contributed by atoms with Gasteiger partial charge in [0, 0.05) is 4.70 Å². The average Bonchev–Trinajstić information content (AvgIpc) is 2.87. The van der Waals surface area contributed by atoms with Crippen LogP contribution in [0.5, 0.6) is 5.75 Å². The Balaban J connectivity index is 0.000000147. The van der Waals surface area contributed by atoms with Gasteiger partial charge in [-0.2, -0.15) is 8.42 Å². The number of benzene rings is 2. The Kier molecular flexibility index (Phi) is 4.39. The summed E-state index contributed by atoms with van der Waals surface area (Å²) in [5.74, 6) is 0.339. The van der Waals surface area contributed by atoms with Crippen molar-refractivity contribution in [1.29, 1.82) is 0 Å². The smallest absolute Gasteiger partial charge is 0.294 e. The molecule has 104 valence electrons. The topological polar surface area (TPSA) is 74.6 Å². The molecule has 2 N–H and O–H groups in total. The van der Waals surface area contributed by atoms with Gasteiger partial charge in [-0.15, -0.1) is 11.3 Å². The molecule has 0 aliphatic heterocycles. The minimum absolute atomic E-state index is 0.0741. The zero-order chi connectivity index (χ0) is 14.6. The molecule has 0 amide bonds. The SMILES string of the molecule is O=S(=O)(O)c1ccccc1.Oc1ccc2sccc2c1. The van der Waals surface area contributed by atoms with Crippen LogP contribution in [0.2, 0.25) is 0 Å². The van der Waals surface area contributed by atoms with E-state index in [9.17, 15) is 8.42 Å². The van der Waals surface area contributed by atoms with E-state index in [1.165, 1.54) is 16.8 Å². The van der Waals surface area contributed by atoms with Gasteiger partial charge in [0.05, 0.1) is 4.90 Å². The quantitative estimate of drug-likeness (QED) is 0.674. The molecule has 3 rings (SSSR count). The maximum atomic E-state index is 10.4. The maximum absolute atomic E-state index is 10.4. The van der Waals surface area contributed by atoms with Crippen molar-refractivity contribution in [2.45, 2.75) is 4.90 Å². The molecule has 1 heterocycles. The van der Waals surface area contributed by atoms with E-state index >= 15 is 0 Å². The highest BCUT2D eigenvalue weighted by molar-refractivity contribution is 7.85. The van der Waals surface area contributed by atoms with Crippen LogP contribution < -0.4 is 0 Å². The Morgan fingerprint density at radius 2 is 1.65 bits per heavy atom. The number of phenols is 1. The van der Waals surface area contributed by atoms with Crippen molar-refractivity contribution in [3.63, 3.8) is 0 Å². The summed E-state index contributed by atoms with van der Waals surface area (Å²) in [5, 5.41) is 12.2. The lowest BCUT2D eigenvalue weighted by molar-refractivity contribution is 0.476. The number of phenolic OH excluding ortho intramolecular Hbond substituents is 1. The first kappa shape index (κ1) is 14.5. The monoisotopic (exact) mass is 308 g/mol. The van der Waals surface area contributed by atoms with E-state index in [2.05, 4.69) is 0 Å². The first-order chi connectivity index (χ1) is 9.47. The Hall–Kier alpha value is -1.89. The molecule has 3 aromatic rings. The first-order valence-electron chi connectivity index (χ1n) is 5.65. The van der Waals surface area contributed by atoms with E-state index in [1.54, 1.807) is 41.7 Å². The van der Waals surface area contributed by atoms with Crippen LogP contribution in [0.1, 0.15) is 0 Å². The number of fused-ring (bicyclic) bond motifs is 1. The molecule has 0 radical (unpaired) electrons. The third-order valence-electron chi connectivity index (χ3n) is 2.48. The second kappa shape index (κ2) is 6.04. The molecule has 0 aliphatic carbocycles. The molecule has 0 saturated heterocycles. The molecule has 6 heteroatoms. The standard InChI is InChI=1S/C8H6OS.C6H6O3S/c9-7-1-2-8-6(5-7)3-4-10-8;7-10(8,9)6-4-2-1-3-5-6/h1-5,9H;1-5H,(H,7,8,9).